The highest BCUT2D eigenvalue weighted by atomic mass is 16.4. The maximum Gasteiger partial charge on any atom is 0.326 e. The molecule has 3 rings (SSSR count). The van der Waals surface area contributed by atoms with Crippen LogP contribution in [0.3, 0.4) is 0 Å². The third-order valence-electron chi connectivity index (χ3n) is 4.52. The molecule has 25 heavy (non-hydrogen) atoms. The van der Waals surface area contributed by atoms with Crippen molar-refractivity contribution in [2.45, 2.75) is 46.3 Å². The Hall–Kier alpha value is -2.97. The van der Waals surface area contributed by atoms with Crippen LogP contribution in [0.1, 0.15) is 40.1 Å². The van der Waals surface area contributed by atoms with Crippen molar-refractivity contribution in [2.75, 3.05) is 0 Å². The minimum absolute atomic E-state index is 0.114. The van der Waals surface area contributed by atoms with Crippen LogP contribution in [-0.4, -0.2) is 53.5 Å². The van der Waals surface area contributed by atoms with Gasteiger partial charge in [0.05, 0.1) is 35.5 Å². The zero-order valence-corrected chi connectivity index (χ0v) is 14.2. The van der Waals surface area contributed by atoms with Gasteiger partial charge in [-0.3, -0.25) is 14.3 Å². The molecule has 0 bridgehead atoms. The summed E-state index contributed by atoms with van der Waals surface area (Å²) in [4.78, 5) is 44.4. The standard InChI is InChI=1S/C16H19N5O4/c1-8-15(10(3)22)9(2)21(19-8)6-14(23)20-5-12-11(17-7-18-12)4-13(20)16(24)25/h7,13H,4-6H2,1-3H3,(H,17,18)(H,24,25). The van der Waals surface area contributed by atoms with Crippen LogP contribution in [0.4, 0.5) is 0 Å². The number of amides is 1. The summed E-state index contributed by atoms with van der Waals surface area (Å²) < 4.78 is 1.45. The van der Waals surface area contributed by atoms with Gasteiger partial charge in [0.2, 0.25) is 5.91 Å². The van der Waals surface area contributed by atoms with Crippen LogP contribution in [-0.2, 0) is 29.1 Å². The molecule has 2 aromatic rings. The summed E-state index contributed by atoms with van der Waals surface area (Å²) in [5, 5.41) is 13.7. The van der Waals surface area contributed by atoms with Crippen molar-refractivity contribution in [3.63, 3.8) is 0 Å². The second-order valence-corrected chi connectivity index (χ2v) is 6.17. The van der Waals surface area contributed by atoms with Gasteiger partial charge in [0, 0.05) is 12.1 Å². The van der Waals surface area contributed by atoms with Crippen LogP contribution in [0.25, 0.3) is 0 Å². The molecule has 0 fully saturated rings. The topological polar surface area (TPSA) is 121 Å². The van der Waals surface area contributed by atoms with Crippen molar-refractivity contribution in [2.24, 2.45) is 0 Å². The average molecular weight is 345 g/mol. The molecular formula is C16H19N5O4. The molecule has 1 aliphatic rings. The Morgan fingerprint density at radius 2 is 2.08 bits per heavy atom. The number of H-pyrrole nitrogens is 1. The lowest BCUT2D eigenvalue weighted by atomic mass is 10.0. The molecule has 132 valence electrons. The number of nitrogens with zero attached hydrogens (tertiary/aromatic N) is 4. The molecule has 3 heterocycles. The number of aliphatic carboxylic acids is 1. The van der Waals surface area contributed by atoms with Gasteiger partial charge in [0.1, 0.15) is 12.6 Å². The number of aryl methyl sites for hydroxylation is 1. The molecule has 0 spiro atoms. The van der Waals surface area contributed by atoms with E-state index in [9.17, 15) is 19.5 Å². The van der Waals surface area contributed by atoms with Crippen LogP contribution in [0, 0.1) is 13.8 Å². The van der Waals surface area contributed by atoms with E-state index in [0.29, 0.717) is 22.6 Å². The van der Waals surface area contributed by atoms with Crippen molar-refractivity contribution >= 4 is 17.7 Å². The van der Waals surface area contributed by atoms with Crippen molar-refractivity contribution in [1.29, 1.82) is 0 Å². The Morgan fingerprint density at radius 3 is 2.68 bits per heavy atom. The number of hydrogen-bond acceptors (Lipinski definition) is 5. The van der Waals surface area contributed by atoms with Crippen molar-refractivity contribution in [3.05, 3.63) is 34.7 Å². The number of carbonyl (C=O) groups is 3. The molecule has 9 heteroatoms. The highest BCUT2D eigenvalue weighted by Crippen LogP contribution is 2.22. The number of ketones is 1. The Labute approximate surface area is 143 Å². The van der Waals surface area contributed by atoms with E-state index in [1.54, 1.807) is 13.8 Å². The summed E-state index contributed by atoms with van der Waals surface area (Å²) in [5.41, 5.74) is 3.06. The van der Waals surface area contributed by atoms with Crippen molar-refractivity contribution in [1.82, 2.24) is 24.6 Å². The van der Waals surface area contributed by atoms with E-state index >= 15 is 0 Å². The van der Waals surface area contributed by atoms with Gasteiger partial charge in [-0.1, -0.05) is 0 Å². The molecule has 9 nitrogen and oxygen atoms in total. The average Bonchev–Trinajstić information content (AvgIpc) is 3.09. The molecule has 0 saturated carbocycles. The number of carboxylic acid groups (broad SMARTS) is 1. The summed E-state index contributed by atoms with van der Waals surface area (Å²) in [6.45, 7) is 4.93. The summed E-state index contributed by atoms with van der Waals surface area (Å²) in [7, 11) is 0. The molecule has 0 radical (unpaired) electrons. The largest absolute Gasteiger partial charge is 0.480 e. The monoisotopic (exact) mass is 345 g/mol. The first kappa shape index (κ1) is 16.9. The summed E-state index contributed by atoms with van der Waals surface area (Å²) in [5.74, 6) is -1.55. The third kappa shape index (κ3) is 2.92. The predicted octanol–water partition coefficient (Wildman–Crippen LogP) is 0.464. The smallest absolute Gasteiger partial charge is 0.326 e. The number of fused-ring (bicyclic) bond motifs is 1. The maximum atomic E-state index is 12.7. The van der Waals surface area contributed by atoms with Gasteiger partial charge in [-0.05, 0) is 20.8 Å². The molecule has 1 atom stereocenters. The van der Waals surface area contributed by atoms with Crippen LogP contribution >= 0.6 is 0 Å². The summed E-state index contributed by atoms with van der Waals surface area (Å²) in [6.07, 6.45) is 1.66. The number of aromatic amines is 1. The van der Waals surface area contributed by atoms with E-state index in [2.05, 4.69) is 15.1 Å². The van der Waals surface area contributed by atoms with Crippen molar-refractivity contribution < 1.29 is 19.5 Å². The SMILES string of the molecule is CC(=O)c1c(C)nn(CC(=O)N2Cc3[nH]cnc3CC2C(=O)O)c1C. The fourth-order valence-corrected chi connectivity index (χ4v) is 3.30. The summed E-state index contributed by atoms with van der Waals surface area (Å²) in [6, 6.07) is -0.965. The zero-order chi connectivity index (χ0) is 18.3. The maximum absolute atomic E-state index is 12.7. The lowest BCUT2D eigenvalue weighted by Gasteiger charge is -2.32. The van der Waals surface area contributed by atoms with Crippen molar-refractivity contribution in [3.8, 4) is 0 Å². The minimum Gasteiger partial charge on any atom is -0.480 e. The number of carboxylic acids is 1. The van der Waals surface area contributed by atoms with Crippen LogP contribution in [0.15, 0.2) is 6.33 Å². The van der Waals surface area contributed by atoms with Crippen LogP contribution in [0.5, 0.6) is 0 Å². The van der Waals surface area contributed by atoms with E-state index in [-0.39, 0.29) is 31.2 Å². The number of hydrogen-bond donors (Lipinski definition) is 2. The molecule has 1 unspecified atom stereocenters. The molecule has 1 amide bonds. The fraction of sp³-hybridized carbons (Fsp3) is 0.438. The lowest BCUT2D eigenvalue weighted by molar-refractivity contribution is -0.151. The van der Waals surface area contributed by atoms with Crippen LogP contribution < -0.4 is 0 Å². The molecule has 0 aliphatic carbocycles. The normalized spacial score (nSPS) is 16.6. The van der Waals surface area contributed by atoms with Gasteiger partial charge >= 0.3 is 5.97 Å². The minimum atomic E-state index is -1.07. The molecular weight excluding hydrogens is 326 g/mol. The number of aromatic nitrogens is 4. The lowest BCUT2D eigenvalue weighted by Crippen LogP contribution is -2.49. The Kier molecular flexibility index (Phi) is 4.15. The van der Waals surface area contributed by atoms with E-state index in [0.717, 1.165) is 5.69 Å². The fourth-order valence-electron chi connectivity index (χ4n) is 3.30. The highest BCUT2D eigenvalue weighted by Gasteiger charge is 2.36. The van der Waals surface area contributed by atoms with Gasteiger partial charge in [-0.15, -0.1) is 0 Å². The Balaban J connectivity index is 1.86. The second kappa shape index (κ2) is 6.15. The quantitative estimate of drug-likeness (QED) is 0.777. The molecule has 0 saturated heterocycles. The first-order valence-corrected chi connectivity index (χ1v) is 7.88. The second-order valence-electron chi connectivity index (χ2n) is 6.17. The number of rotatable bonds is 4. The van der Waals surface area contributed by atoms with E-state index in [1.807, 2.05) is 0 Å². The number of imidazole rings is 1. The van der Waals surface area contributed by atoms with E-state index in [4.69, 9.17) is 0 Å². The number of Topliss-reactive ketones (excluding diaryl/α,β-unsaturated/α-hetero) is 1. The first-order chi connectivity index (χ1) is 11.8. The third-order valence-corrected chi connectivity index (χ3v) is 4.52. The van der Waals surface area contributed by atoms with Crippen LogP contribution in [0.2, 0.25) is 0 Å². The highest BCUT2D eigenvalue weighted by molar-refractivity contribution is 5.96. The Morgan fingerprint density at radius 1 is 1.36 bits per heavy atom. The molecule has 2 N–H and O–H groups in total. The zero-order valence-electron chi connectivity index (χ0n) is 14.2. The number of nitrogens with one attached hydrogen (secondary N) is 1. The molecule has 0 aromatic carbocycles. The van der Waals surface area contributed by atoms with Gasteiger partial charge in [-0.2, -0.15) is 5.10 Å². The van der Waals surface area contributed by atoms with Gasteiger partial charge in [0.15, 0.2) is 5.78 Å². The van der Waals surface area contributed by atoms with Gasteiger partial charge < -0.3 is 15.0 Å². The van der Waals surface area contributed by atoms with E-state index in [1.165, 1.54) is 22.8 Å². The summed E-state index contributed by atoms with van der Waals surface area (Å²) >= 11 is 0. The van der Waals surface area contributed by atoms with Gasteiger partial charge in [0.25, 0.3) is 0 Å². The Bertz CT molecular complexity index is 866. The van der Waals surface area contributed by atoms with Gasteiger partial charge in [-0.25, -0.2) is 9.78 Å². The molecule has 1 aliphatic heterocycles. The number of carbonyl (C=O) groups excluding carboxylic acids is 2. The molecule has 2 aromatic heterocycles. The first-order valence-electron chi connectivity index (χ1n) is 7.88. The van der Waals surface area contributed by atoms with E-state index < -0.39 is 12.0 Å². The predicted molar refractivity (Wildman–Crippen MR) is 86.0 cm³/mol.